The molecule has 2 heteroatoms. The highest BCUT2D eigenvalue weighted by atomic mass is 127. The van der Waals surface area contributed by atoms with Crippen LogP contribution in [-0.2, 0) is 0 Å². The maximum atomic E-state index is 4.10. The highest BCUT2D eigenvalue weighted by molar-refractivity contribution is 14.1. The lowest BCUT2D eigenvalue weighted by Crippen LogP contribution is -2.21. The predicted molar refractivity (Wildman–Crippen MR) is 88.2 cm³/mol. The van der Waals surface area contributed by atoms with Crippen molar-refractivity contribution >= 4 is 40.5 Å². The van der Waals surface area contributed by atoms with Gasteiger partial charge in [0.1, 0.15) is 22.0 Å². The van der Waals surface area contributed by atoms with Crippen LogP contribution in [0.1, 0.15) is 0 Å². The van der Waals surface area contributed by atoms with Crippen LogP contribution in [0.4, 0.5) is 0 Å². The molecule has 0 aliphatic carbocycles. The summed E-state index contributed by atoms with van der Waals surface area (Å²) in [6.07, 6.45) is 0. The van der Waals surface area contributed by atoms with E-state index in [2.05, 4.69) is 95.7 Å². The minimum absolute atomic E-state index is 1.10. The molecule has 0 bridgehead atoms. The number of alkyl halides is 1. The van der Waals surface area contributed by atoms with Gasteiger partial charge in [-0.05, 0) is 46.9 Å². The SMILES string of the molecule is C=C[P+](CI)(c1ccccc1)c1ccccc1. The molecule has 2 aromatic rings. The summed E-state index contributed by atoms with van der Waals surface area (Å²) in [5, 5.41) is 2.83. The van der Waals surface area contributed by atoms with Gasteiger partial charge in [-0.15, -0.1) is 0 Å². The molecule has 2 rings (SSSR count). The minimum atomic E-state index is -1.41. The van der Waals surface area contributed by atoms with Crippen LogP contribution in [0, 0.1) is 0 Å². The fourth-order valence-corrected chi connectivity index (χ4v) is 7.64. The first-order valence-corrected chi connectivity index (χ1v) is 9.09. The van der Waals surface area contributed by atoms with E-state index in [9.17, 15) is 0 Å². The van der Waals surface area contributed by atoms with Gasteiger partial charge in [-0.1, -0.05) is 43.0 Å². The fraction of sp³-hybridized carbons (Fsp3) is 0.0667. The zero-order valence-corrected chi connectivity index (χ0v) is 12.6. The van der Waals surface area contributed by atoms with E-state index in [1.807, 2.05) is 0 Å². The van der Waals surface area contributed by atoms with E-state index in [4.69, 9.17) is 0 Å². The van der Waals surface area contributed by atoms with Crippen molar-refractivity contribution in [2.75, 3.05) is 4.17 Å². The highest BCUT2D eigenvalue weighted by Gasteiger charge is 2.38. The Bertz CT molecular complexity index is 439. The van der Waals surface area contributed by atoms with Crippen molar-refractivity contribution < 1.29 is 0 Å². The summed E-state index contributed by atoms with van der Waals surface area (Å²) in [4.78, 5) is 0. The number of halogens is 1. The first-order chi connectivity index (χ1) is 8.33. The lowest BCUT2D eigenvalue weighted by Gasteiger charge is -2.20. The van der Waals surface area contributed by atoms with Crippen LogP contribution in [-0.4, -0.2) is 4.17 Å². The third-order valence-electron chi connectivity index (χ3n) is 2.93. The maximum absolute atomic E-state index is 4.10. The molecular weight excluding hydrogens is 338 g/mol. The molecular formula is C15H15IP+. The standard InChI is InChI=1S/C15H15IP/c1-2-17(13-16,14-9-5-3-6-10-14)15-11-7-4-8-12-15/h2-12H,1,13H2/q+1. The Morgan fingerprint density at radius 2 is 1.29 bits per heavy atom. The summed E-state index contributed by atoms with van der Waals surface area (Å²) < 4.78 is 1.10. The summed E-state index contributed by atoms with van der Waals surface area (Å²) in [5.74, 6) is 2.17. The average molecular weight is 353 g/mol. The van der Waals surface area contributed by atoms with Crippen molar-refractivity contribution in [2.24, 2.45) is 0 Å². The number of rotatable bonds is 4. The Labute approximate surface area is 117 Å². The van der Waals surface area contributed by atoms with Crippen molar-refractivity contribution in [1.82, 2.24) is 0 Å². The maximum Gasteiger partial charge on any atom is 0.123 e. The molecule has 0 heterocycles. The quantitative estimate of drug-likeness (QED) is 0.439. The Hall–Kier alpha value is -0.660. The van der Waals surface area contributed by atoms with Gasteiger partial charge in [-0.2, -0.15) is 0 Å². The van der Waals surface area contributed by atoms with Gasteiger partial charge in [0.05, 0.1) is 5.82 Å². The molecule has 86 valence electrons. The summed E-state index contributed by atoms with van der Waals surface area (Å²) in [7, 11) is -1.41. The van der Waals surface area contributed by atoms with Gasteiger partial charge in [-0.25, -0.2) is 0 Å². The highest BCUT2D eigenvalue weighted by Crippen LogP contribution is 2.58. The van der Waals surface area contributed by atoms with E-state index < -0.39 is 7.26 Å². The Balaban J connectivity index is 2.58. The zero-order valence-electron chi connectivity index (χ0n) is 9.59. The van der Waals surface area contributed by atoms with E-state index in [0.29, 0.717) is 0 Å². The second kappa shape index (κ2) is 5.79. The lowest BCUT2D eigenvalue weighted by molar-refractivity contribution is 1.74. The summed E-state index contributed by atoms with van der Waals surface area (Å²) >= 11 is 2.49. The number of benzene rings is 2. The molecule has 0 aromatic heterocycles. The monoisotopic (exact) mass is 353 g/mol. The molecule has 0 N–H and O–H groups in total. The Kier molecular flexibility index (Phi) is 4.36. The second-order valence-corrected chi connectivity index (χ2v) is 9.26. The molecule has 0 amide bonds. The molecule has 0 aliphatic heterocycles. The van der Waals surface area contributed by atoms with Crippen molar-refractivity contribution in [2.45, 2.75) is 0 Å². The number of hydrogen-bond donors (Lipinski definition) is 0. The topological polar surface area (TPSA) is 0 Å². The molecule has 0 radical (unpaired) electrons. The van der Waals surface area contributed by atoms with Crippen LogP contribution >= 0.6 is 29.9 Å². The first kappa shape index (κ1) is 12.8. The molecule has 0 atom stereocenters. The van der Waals surface area contributed by atoms with Crippen LogP contribution in [0.15, 0.2) is 73.1 Å². The van der Waals surface area contributed by atoms with Crippen molar-refractivity contribution in [3.05, 3.63) is 73.1 Å². The fourth-order valence-electron chi connectivity index (χ4n) is 1.93. The van der Waals surface area contributed by atoms with E-state index in [-0.39, 0.29) is 0 Å². The summed E-state index contributed by atoms with van der Waals surface area (Å²) in [5.41, 5.74) is 0. The van der Waals surface area contributed by atoms with Crippen LogP contribution in [0.3, 0.4) is 0 Å². The van der Waals surface area contributed by atoms with Gasteiger partial charge in [0, 0.05) is 0 Å². The summed E-state index contributed by atoms with van der Waals surface area (Å²) in [6.45, 7) is 4.10. The van der Waals surface area contributed by atoms with E-state index >= 15 is 0 Å². The van der Waals surface area contributed by atoms with E-state index in [0.717, 1.165) is 4.17 Å². The molecule has 0 saturated carbocycles. The third-order valence-corrected chi connectivity index (χ3v) is 9.60. The third kappa shape index (κ3) is 2.46. The van der Waals surface area contributed by atoms with Crippen molar-refractivity contribution in [3.63, 3.8) is 0 Å². The summed E-state index contributed by atoms with van der Waals surface area (Å²) in [6, 6.07) is 21.5. The normalized spacial score (nSPS) is 11.1. The van der Waals surface area contributed by atoms with Gasteiger partial charge in [0.2, 0.25) is 0 Å². The van der Waals surface area contributed by atoms with Crippen molar-refractivity contribution in [3.8, 4) is 0 Å². The smallest absolute Gasteiger partial charge is 0.0631 e. The minimum Gasteiger partial charge on any atom is -0.0631 e. The van der Waals surface area contributed by atoms with Gasteiger partial charge in [0.25, 0.3) is 0 Å². The molecule has 0 fully saturated rings. The van der Waals surface area contributed by atoms with Gasteiger partial charge in [-0.3, -0.25) is 0 Å². The predicted octanol–water partition coefficient (Wildman–Crippen LogP) is 4.19. The second-order valence-electron chi connectivity index (χ2n) is 3.84. The van der Waals surface area contributed by atoms with Crippen molar-refractivity contribution in [1.29, 1.82) is 0 Å². The van der Waals surface area contributed by atoms with Crippen LogP contribution < -0.4 is 10.6 Å². The number of hydrogen-bond acceptors (Lipinski definition) is 0. The Morgan fingerprint density at radius 1 is 0.882 bits per heavy atom. The largest absolute Gasteiger partial charge is 0.123 e. The lowest BCUT2D eigenvalue weighted by atomic mass is 10.4. The molecule has 0 saturated heterocycles. The molecule has 17 heavy (non-hydrogen) atoms. The molecule has 0 nitrogen and oxygen atoms in total. The van der Waals surface area contributed by atoms with Gasteiger partial charge < -0.3 is 0 Å². The average Bonchev–Trinajstić information content (AvgIpc) is 2.43. The first-order valence-electron chi connectivity index (χ1n) is 5.52. The van der Waals surface area contributed by atoms with Crippen LogP contribution in [0.5, 0.6) is 0 Å². The van der Waals surface area contributed by atoms with Crippen LogP contribution in [0.2, 0.25) is 0 Å². The van der Waals surface area contributed by atoms with E-state index in [1.54, 1.807) is 0 Å². The molecule has 0 aliphatic rings. The zero-order chi connectivity index (χ0) is 12.1. The molecule has 2 aromatic carbocycles. The van der Waals surface area contributed by atoms with E-state index in [1.165, 1.54) is 10.6 Å². The van der Waals surface area contributed by atoms with Gasteiger partial charge in [0.15, 0.2) is 0 Å². The van der Waals surface area contributed by atoms with Crippen LogP contribution in [0.25, 0.3) is 0 Å². The Morgan fingerprint density at radius 3 is 1.59 bits per heavy atom. The van der Waals surface area contributed by atoms with Gasteiger partial charge >= 0.3 is 0 Å². The molecule has 0 spiro atoms. The molecule has 0 unspecified atom stereocenters.